The van der Waals surface area contributed by atoms with Gasteiger partial charge in [-0.1, -0.05) is 29.3 Å². The number of methoxy groups -OCH3 is 1. The van der Waals surface area contributed by atoms with E-state index in [2.05, 4.69) is 25.8 Å². The average molecular weight is 444 g/mol. The van der Waals surface area contributed by atoms with Crippen LogP contribution in [0.1, 0.15) is 25.3 Å². The van der Waals surface area contributed by atoms with Gasteiger partial charge in [-0.15, -0.1) is 0 Å². The van der Waals surface area contributed by atoms with E-state index in [9.17, 15) is 4.79 Å². The fourth-order valence-corrected chi connectivity index (χ4v) is 3.46. The lowest BCUT2D eigenvalue weighted by molar-refractivity contribution is -0.119. The molecule has 1 fully saturated rings. The van der Waals surface area contributed by atoms with E-state index in [0.717, 1.165) is 39.0 Å². The SMILES string of the molecule is CCNC(=NCC(=O)NCCOC)NC1CCN(Cc2ccc(Cl)c(Cl)c2)CC1. The molecule has 7 nitrogen and oxygen atoms in total. The van der Waals surface area contributed by atoms with E-state index in [-0.39, 0.29) is 12.5 Å². The van der Waals surface area contributed by atoms with Gasteiger partial charge >= 0.3 is 0 Å². The zero-order valence-electron chi connectivity index (χ0n) is 17.1. The minimum Gasteiger partial charge on any atom is -0.383 e. The van der Waals surface area contributed by atoms with E-state index in [1.807, 2.05) is 25.1 Å². The van der Waals surface area contributed by atoms with Crippen LogP contribution in [-0.4, -0.2) is 69.2 Å². The third-order valence-corrected chi connectivity index (χ3v) is 5.41. The number of hydrogen-bond donors (Lipinski definition) is 3. The second kappa shape index (κ2) is 12.9. The summed E-state index contributed by atoms with van der Waals surface area (Å²) in [5.74, 6) is 0.563. The minimum absolute atomic E-state index is 0.0925. The smallest absolute Gasteiger partial charge is 0.241 e. The molecule has 0 spiro atoms. The van der Waals surface area contributed by atoms with Crippen LogP contribution in [0.3, 0.4) is 0 Å². The zero-order chi connectivity index (χ0) is 21.1. The van der Waals surface area contributed by atoms with Gasteiger partial charge in [0.05, 0.1) is 16.7 Å². The lowest BCUT2D eigenvalue weighted by atomic mass is 10.0. The second-order valence-electron chi connectivity index (χ2n) is 6.98. The Balaban J connectivity index is 1.78. The number of guanidine groups is 1. The monoisotopic (exact) mass is 443 g/mol. The molecule has 0 saturated carbocycles. The Kier molecular flexibility index (Phi) is 10.6. The molecule has 0 aliphatic carbocycles. The Labute approximate surface area is 183 Å². The quantitative estimate of drug-likeness (QED) is 0.310. The lowest BCUT2D eigenvalue weighted by Crippen LogP contribution is -2.48. The van der Waals surface area contributed by atoms with Gasteiger partial charge in [0.1, 0.15) is 6.54 Å². The van der Waals surface area contributed by atoms with Crippen molar-refractivity contribution < 1.29 is 9.53 Å². The number of likely N-dealkylation sites (tertiary alicyclic amines) is 1. The Hall–Kier alpha value is -1.54. The van der Waals surface area contributed by atoms with Gasteiger partial charge in [0.2, 0.25) is 5.91 Å². The van der Waals surface area contributed by atoms with Crippen molar-refractivity contribution in [1.82, 2.24) is 20.9 Å². The first-order chi connectivity index (χ1) is 14.0. The molecule has 3 N–H and O–H groups in total. The molecular formula is C20H31Cl2N5O2. The van der Waals surface area contributed by atoms with Crippen LogP contribution in [0, 0.1) is 0 Å². The fourth-order valence-electron chi connectivity index (χ4n) is 3.14. The number of nitrogens with zero attached hydrogens (tertiary/aromatic N) is 2. The van der Waals surface area contributed by atoms with Crippen LogP contribution in [0.15, 0.2) is 23.2 Å². The first-order valence-corrected chi connectivity index (χ1v) is 10.7. The molecular weight excluding hydrogens is 413 g/mol. The molecule has 0 radical (unpaired) electrons. The maximum Gasteiger partial charge on any atom is 0.241 e. The predicted octanol–water partition coefficient (Wildman–Crippen LogP) is 2.28. The number of carbonyl (C=O) groups excluding carboxylic acids is 1. The maximum atomic E-state index is 11.8. The van der Waals surface area contributed by atoms with Crippen LogP contribution in [0.2, 0.25) is 10.0 Å². The molecule has 1 saturated heterocycles. The summed E-state index contributed by atoms with van der Waals surface area (Å²) < 4.78 is 4.92. The van der Waals surface area contributed by atoms with Crippen LogP contribution in [0.5, 0.6) is 0 Å². The second-order valence-corrected chi connectivity index (χ2v) is 7.80. The fraction of sp³-hybridized carbons (Fsp3) is 0.600. The number of piperidine rings is 1. The number of amides is 1. The molecule has 1 heterocycles. The summed E-state index contributed by atoms with van der Waals surface area (Å²) in [6, 6.07) is 6.13. The third kappa shape index (κ3) is 8.78. The number of halogens is 2. The summed E-state index contributed by atoms with van der Waals surface area (Å²) in [7, 11) is 1.60. The summed E-state index contributed by atoms with van der Waals surface area (Å²) in [6.45, 7) is 6.65. The largest absolute Gasteiger partial charge is 0.383 e. The topological polar surface area (TPSA) is 78.0 Å². The number of carbonyl (C=O) groups is 1. The molecule has 1 aliphatic heterocycles. The van der Waals surface area contributed by atoms with Crippen LogP contribution in [0.25, 0.3) is 0 Å². The molecule has 0 bridgehead atoms. The molecule has 9 heteroatoms. The average Bonchev–Trinajstić information content (AvgIpc) is 2.71. The van der Waals surface area contributed by atoms with E-state index >= 15 is 0 Å². The standard InChI is InChI=1S/C20H31Cl2N5O2/c1-3-23-20(25-13-19(28)24-8-11-29-2)26-16-6-9-27(10-7-16)14-15-4-5-17(21)18(22)12-15/h4-5,12,16H,3,6-11,13-14H2,1-2H3,(H,24,28)(H2,23,25,26). The molecule has 162 valence electrons. The van der Waals surface area contributed by atoms with Crippen molar-refractivity contribution in [3.05, 3.63) is 33.8 Å². The minimum atomic E-state index is -0.115. The molecule has 0 atom stereocenters. The summed E-state index contributed by atoms with van der Waals surface area (Å²) in [4.78, 5) is 18.6. The van der Waals surface area contributed by atoms with Crippen molar-refractivity contribution in [1.29, 1.82) is 0 Å². The van der Waals surface area contributed by atoms with Crippen molar-refractivity contribution in [2.75, 3.05) is 46.4 Å². The van der Waals surface area contributed by atoms with Crippen LogP contribution >= 0.6 is 23.2 Å². The van der Waals surface area contributed by atoms with Crippen molar-refractivity contribution in [3.63, 3.8) is 0 Å². The maximum absolute atomic E-state index is 11.8. The van der Waals surface area contributed by atoms with Gasteiger partial charge in [-0.3, -0.25) is 9.69 Å². The number of ether oxygens (including phenoxy) is 1. The van der Waals surface area contributed by atoms with E-state index in [1.54, 1.807) is 7.11 Å². The Morgan fingerprint density at radius 3 is 2.66 bits per heavy atom. The highest BCUT2D eigenvalue weighted by Gasteiger charge is 2.20. The Morgan fingerprint density at radius 2 is 2.00 bits per heavy atom. The molecule has 1 aromatic carbocycles. The number of hydrogen-bond acceptors (Lipinski definition) is 4. The highest BCUT2D eigenvalue weighted by molar-refractivity contribution is 6.42. The van der Waals surface area contributed by atoms with Crippen LogP contribution < -0.4 is 16.0 Å². The van der Waals surface area contributed by atoms with Gasteiger partial charge in [-0.05, 0) is 37.5 Å². The van der Waals surface area contributed by atoms with E-state index < -0.39 is 0 Å². The molecule has 2 rings (SSSR count). The van der Waals surface area contributed by atoms with Crippen molar-refractivity contribution in [3.8, 4) is 0 Å². The molecule has 1 aromatic rings. The van der Waals surface area contributed by atoms with Crippen molar-refractivity contribution in [2.24, 2.45) is 4.99 Å². The zero-order valence-corrected chi connectivity index (χ0v) is 18.7. The summed E-state index contributed by atoms with van der Waals surface area (Å²) in [6.07, 6.45) is 2.01. The molecule has 0 aromatic heterocycles. The lowest BCUT2D eigenvalue weighted by Gasteiger charge is -2.33. The number of aliphatic imine (C=N–C) groups is 1. The van der Waals surface area contributed by atoms with Gasteiger partial charge < -0.3 is 20.7 Å². The first-order valence-electron chi connectivity index (χ1n) is 9.98. The molecule has 1 amide bonds. The first kappa shape index (κ1) is 23.7. The van der Waals surface area contributed by atoms with Gasteiger partial charge in [-0.2, -0.15) is 0 Å². The van der Waals surface area contributed by atoms with Gasteiger partial charge in [-0.25, -0.2) is 4.99 Å². The van der Waals surface area contributed by atoms with E-state index in [4.69, 9.17) is 27.9 Å². The predicted molar refractivity (Wildman–Crippen MR) is 119 cm³/mol. The summed E-state index contributed by atoms with van der Waals surface area (Å²) in [5, 5.41) is 10.6. The normalized spacial score (nSPS) is 15.9. The van der Waals surface area contributed by atoms with E-state index in [1.165, 1.54) is 5.56 Å². The molecule has 1 aliphatic rings. The highest BCUT2D eigenvalue weighted by atomic mass is 35.5. The van der Waals surface area contributed by atoms with Crippen molar-refractivity contribution >= 4 is 35.1 Å². The number of benzene rings is 1. The number of rotatable bonds is 9. The van der Waals surface area contributed by atoms with E-state index in [0.29, 0.717) is 35.2 Å². The van der Waals surface area contributed by atoms with Gasteiger partial charge in [0.15, 0.2) is 5.96 Å². The van der Waals surface area contributed by atoms with Gasteiger partial charge in [0.25, 0.3) is 0 Å². The number of nitrogens with one attached hydrogen (secondary N) is 3. The summed E-state index contributed by atoms with van der Waals surface area (Å²) >= 11 is 12.1. The Morgan fingerprint density at radius 1 is 1.24 bits per heavy atom. The highest BCUT2D eigenvalue weighted by Crippen LogP contribution is 2.24. The van der Waals surface area contributed by atoms with Crippen LogP contribution in [0.4, 0.5) is 0 Å². The molecule has 29 heavy (non-hydrogen) atoms. The molecule has 0 unspecified atom stereocenters. The summed E-state index contributed by atoms with van der Waals surface area (Å²) in [5.41, 5.74) is 1.17. The van der Waals surface area contributed by atoms with Crippen molar-refractivity contribution in [2.45, 2.75) is 32.4 Å². The Bertz CT molecular complexity index is 679. The third-order valence-electron chi connectivity index (χ3n) is 4.67. The van der Waals surface area contributed by atoms with Gasteiger partial charge in [0, 0.05) is 45.9 Å². The van der Waals surface area contributed by atoms with Crippen LogP contribution in [-0.2, 0) is 16.1 Å².